The van der Waals surface area contributed by atoms with Gasteiger partial charge in [0.15, 0.2) is 0 Å². The van der Waals surface area contributed by atoms with Crippen molar-refractivity contribution in [1.82, 2.24) is 4.98 Å². The summed E-state index contributed by atoms with van der Waals surface area (Å²) in [5, 5.41) is 3.66. The summed E-state index contributed by atoms with van der Waals surface area (Å²) >= 11 is 4.42. The quantitative estimate of drug-likeness (QED) is 0.312. The largest absolute Gasteiger partial charge is 0.462 e. The molecule has 4 rings (SSSR count). The maximum atomic E-state index is 13.5. The average molecular weight is 538 g/mol. The smallest absolute Gasteiger partial charge is 0.341 e. The summed E-state index contributed by atoms with van der Waals surface area (Å²) in [6, 6.07) is 16.6. The van der Waals surface area contributed by atoms with Crippen molar-refractivity contribution in [3.63, 3.8) is 0 Å². The minimum atomic E-state index is -0.681. The number of ether oxygens (including phenoxy) is 1. The van der Waals surface area contributed by atoms with Crippen LogP contribution in [0.15, 0.2) is 59.1 Å². The van der Waals surface area contributed by atoms with Crippen LogP contribution in [-0.4, -0.2) is 29.4 Å². The lowest BCUT2D eigenvalue weighted by Crippen LogP contribution is -2.16. The van der Waals surface area contributed by atoms with Gasteiger partial charge in [-0.1, -0.05) is 46.3 Å². The Bertz CT molecular complexity index is 1450. The molecular weight excluding hydrogens is 518 g/mol. The van der Waals surface area contributed by atoms with Crippen LogP contribution in [0.2, 0.25) is 0 Å². The number of hydrogen-bond acceptors (Lipinski definition) is 6. The van der Waals surface area contributed by atoms with Crippen molar-refractivity contribution in [3.05, 3.63) is 80.6 Å². The van der Waals surface area contributed by atoms with Crippen molar-refractivity contribution < 1.29 is 19.1 Å². The number of anilines is 1. The van der Waals surface area contributed by atoms with Crippen molar-refractivity contribution in [1.29, 1.82) is 0 Å². The van der Waals surface area contributed by atoms with Crippen LogP contribution in [0, 0.1) is 6.92 Å². The molecule has 0 saturated heterocycles. The van der Waals surface area contributed by atoms with Gasteiger partial charge in [0.2, 0.25) is 0 Å². The number of halogens is 1. The molecule has 0 atom stereocenters. The molecule has 2 amide bonds. The summed E-state index contributed by atoms with van der Waals surface area (Å²) in [6.45, 7) is 3.43. The van der Waals surface area contributed by atoms with Gasteiger partial charge in [0.25, 0.3) is 11.8 Å². The molecule has 9 heteroatoms. The first-order valence-corrected chi connectivity index (χ1v) is 12.0. The van der Waals surface area contributed by atoms with Gasteiger partial charge < -0.3 is 15.8 Å². The highest BCUT2D eigenvalue weighted by atomic mass is 79.9. The van der Waals surface area contributed by atoms with Gasteiger partial charge in [-0.25, -0.2) is 9.78 Å². The molecule has 0 saturated carbocycles. The molecule has 172 valence electrons. The molecule has 0 unspecified atom stereocenters. The number of thiophene rings is 1. The summed E-state index contributed by atoms with van der Waals surface area (Å²) in [5.41, 5.74) is 8.46. The number of pyridine rings is 1. The normalized spacial score (nSPS) is 10.8. The number of para-hydroxylation sites is 1. The molecule has 2 heterocycles. The van der Waals surface area contributed by atoms with Crippen LogP contribution in [0.4, 0.5) is 5.00 Å². The van der Waals surface area contributed by atoms with Crippen molar-refractivity contribution in [2.75, 3.05) is 11.9 Å². The summed E-state index contributed by atoms with van der Waals surface area (Å²) in [7, 11) is 0. The highest BCUT2D eigenvalue weighted by Gasteiger charge is 2.26. The predicted octanol–water partition coefficient (Wildman–Crippen LogP) is 5.56. The van der Waals surface area contributed by atoms with Crippen LogP contribution in [0.25, 0.3) is 22.2 Å². The van der Waals surface area contributed by atoms with Crippen LogP contribution in [0.3, 0.4) is 0 Å². The summed E-state index contributed by atoms with van der Waals surface area (Å²) in [4.78, 5) is 42.9. The number of hydrogen-bond donors (Lipinski definition) is 2. The molecule has 0 aliphatic rings. The molecular formula is C25H20BrN3O4S. The first-order valence-electron chi connectivity index (χ1n) is 10.4. The monoisotopic (exact) mass is 537 g/mol. The molecule has 0 spiro atoms. The molecule has 34 heavy (non-hydrogen) atoms. The molecule has 3 N–H and O–H groups in total. The molecule has 0 aliphatic carbocycles. The number of primary amides is 1. The third kappa shape index (κ3) is 4.57. The van der Waals surface area contributed by atoms with Crippen LogP contribution >= 0.6 is 27.3 Å². The van der Waals surface area contributed by atoms with Crippen molar-refractivity contribution in [2.45, 2.75) is 13.8 Å². The van der Waals surface area contributed by atoms with E-state index in [-0.39, 0.29) is 22.0 Å². The van der Waals surface area contributed by atoms with E-state index in [4.69, 9.17) is 15.5 Å². The highest BCUT2D eigenvalue weighted by Crippen LogP contribution is 2.35. The lowest BCUT2D eigenvalue weighted by atomic mass is 10.0. The maximum Gasteiger partial charge on any atom is 0.341 e. The SMILES string of the molecule is CCOC(=O)c1c(NC(=O)c2cc(-c3cccc(Br)c3)nc3ccccc23)sc(C(N)=O)c1C. The zero-order valence-electron chi connectivity index (χ0n) is 18.3. The van der Waals surface area contributed by atoms with Gasteiger partial charge in [-0.15, -0.1) is 11.3 Å². The number of amides is 2. The first kappa shape index (κ1) is 23.6. The van der Waals surface area contributed by atoms with Gasteiger partial charge in [-0.2, -0.15) is 0 Å². The molecule has 0 aliphatic heterocycles. The fourth-order valence-electron chi connectivity index (χ4n) is 3.62. The first-order chi connectivity index (χ1) is 16.3. The number of benzene rings is 2. The van der Waals surface area contributed by atoms with Gasteiger partial charge >= 0.3 is 5.97 Å². The minimum Gasteiger partial charge on any atom is -0.462 e. The second-order valence-electron chi connectivity index (χ2n) is 7.38. The van der Waals surface area contributed by atoms with E-state index in [0.29, 0.717) is 27.7 Å². The van der Waals surface area contributed by atoms with Crippen LogP contribution < -0.4 is 11.1 Å². The van der Waals surface area contributed by atoms with Crippen molar-refractivity contribution in [2.24, 2.45) is 5.73 Å². The summed E-state index contributed by atoms with van der Waals surface area (Å²) in [6.07, 6.45) is 0. The Labute approximate surface area is 208 Å². The van der Waals surface area contributed by atoms with E-state index in [1.54, 1.807) is 19.9 Å². The molecule has 0 radical (unpaired) electrons. The number of esters is 1. The van der Waals surface area contributed by atoms with Crippen LogP contribution in [0.1, 0.15) is 42.9 Å². The fraction of sp³-hybridized carbons (Fsp3) is 0.120. The van der Waals surface area contributed by atoms with Gasteiger partial charge in [0.05, 0.1) is 33.8 Å². The van der Waals surface area contributed by atoms with Gasteiger partial charge in [0, 0.05) is 15.4 Å². The predicted molar refractivity (Wildman–Crippen MR) is 136 cm³/mol. The third-order valence-electron chi connectivity index (χ3n) is 5.16. The van der Waals surface area contributed by atoms with E-state index in [9.17, 15) is 14.4 Å². The zero-order valence-corrected chi connectivity index (χ0v) is 20.7. The topological polar surface area (TPSA) is 111 Å². The van der Waals surface area contributed by atoms with Gasteiger partial charge in [-0.3, -0.25) is 9.59 Å². The fourth-order valence-corrected chi connectivity index (χ4v) is 5.06. The number of nitrogens with zero attached hydrogens (tertiary/aromatic N) is 1. The summed E-state index contributed by atoms with van der Waals surface area (Å²) < 4.78 is 6.03. The second-order valence-corrected chi connectivity index (χ2v) is 9.32. The molecule has 0 bridgehead atoms. The lowest BCUT2D eigenvalue weighted by Gasteiger charge is -2.11. The Morgan fingerprint density at radius 1 is 1.12 bits per heavy atom. The Hall–Kier alpha value is -3.56. The van der Waals surface area contributed by atoms with Crippen molar-refractivity contribution >= 4 is 61.0 Å². The Morgan fingerprint density at radius 3 is 2.59 bits per heavy atom. The van der Waals surface area contributed by atoms with E-state index in [1.165, 1.54) is 0 Å². The standard InChI is InChI=1S/C25H20BrN3O4S/c1-3-33-25(32)20-13(2)21(22(27)30)34-24(20)29-23(31)17-12-19(14-7-6-8-15(26)11-14)28-18-10-5-4-9-16(17)18/h4-12H,3H2,1-2H3,(H2,27,30)(H,29,31). The van der Waals surface area contributed by atoms with E-state index < -0.39 is 17.8 Å². The Morgan fingerprint density at radius 2 is 1.88 bits per heavy atom. The molecule has 2 aromatic carbocycles. The summed E-state index contributed by atoms with van der Waals surface area (Å²) in [5.74, 6) is -1.76. The van der Waals surface area contributed by atoms with E-state index in [1.807, 2.05) is 48.5 Å². The second kappa shape index (κ2) is 9.74. The molecule has 2 aromatic heterocycles. The number of aromatic nitrogens is 1. The van der Waals surface area contributed by atoms with E-state index in [2.05, 4.69) is 21.2 Å². The number of carbonyl (C=O) groups is 3. The molecule has 4 aromatic rings. The zero-order chi connectivity index (χ0) is 24.4. The van der Waals surface area contributed by atoms with Crippen molar-refractivity contribution in [3.8, 4) is 11.3 Å². The number of rotatable bonds is 6. The maximum absolute atomic E-state index is 13.5. The molecule has 7 nitrogen and oxygen atoms in total. The molecule has 0 fully saturated rings. The van der Waals surface area contributed by atoms with Crippen LogP contribution in [-0.2, 0) is 4.74 Å². The minimum absolute atomic E-state index is 0.125. The van der Waals surface area contributed by atoms with Gasteiger partial charge in [-0.05, 0) is 43.7 Å². The number of nitrogens with one attached hydrogen (secondary N) is 1. The van der Waals surface area contributed by atoms with Crippen LogP contribution in [0.5, 0.6) is 0 Å². The van der Waals surface area contributed by atoms with E-state index in [0.717, 1.165) is 21.4 Å². The Balaban J connectivity index is 1.82. The Kier molecular flexibility index (Phi) is 6.76. The number of nitrogens with two attached hydrogens (primary N) is 1. The van der Waals surface area contributed by atoms with Gasteiger partial charge in [0.1, 0.15) is 5.00 Å². The lowest BCUT2D eigenvalue weighted by molar-refractivity contribution is 0.0527. The number of fused-ring (bicyclic) bond motifs is 1. The average Bonchev–Trinajstić information content (AvgIpc) is 3.14. The van der Waals surface area contributed by atoms with E-state index >= 15 is 0 Å². The third-order valence-corrected chi connectivity index (χ3v) is 6.87. The number of carbonyl (C=O) groups excluding carboxylic acids is 3. The highest BCUT2D eigenvalue weighted by molar-refractivity contribution is 9.10.